The molecular formula is C20H23N5O4S. The number of anilines is 1. The Morgan fingerprint density at radius 1 is 1.13 bits per heavy atom. The molecule has 1 aromatic carbocycles. The van der Waals surface area contributed by atoms with Crippen LogP contribution in [0.2, 0.25) is 0 Å². The van der Waals surface area contributed by atoms with Crippen molar-refractivity contribution in [2.45, 2.75) is 25.2 Å². The molecule has 0 aliphatic rings. The minimum atomic E-state index is -3.69. The molecule has 0 aliphatic heterocycles. The number of ether oxygens (including phenoxy) is 1. The van der Waals surface area contributed by atoms with Gasteiger partial charge in [-0.25, -0.2) is 27.6 Å². The van der Waals surface area contributed by atoms with Gasteiger partial charge in [-0.05, 0) is 62.2 Å². The van der Waals surface area contributed by atoms with Gasteiger partial charge in [0.1, 0.15) is 0 Å². The second-order valence-electron chi connectivity index (χ2n) is 6.54. The maximum absolute atomic E-state index is 12.6. The van der Waals surface area contributed by atoms with Crippen LogP contribution in [0.25, 0.3) is 5.82 Å². The van der Waals surface area contributed by atoms with Gasteiger partial charge >= 0.3 is 6.09 Å². The summed E-state index contributed by atoms with van der Waals surface area (Å²) in [6.45, 7) is 4.05. The lowest BCUT2D eigenvalue weighted by Crippen LogP contribution is -2.26. The van der Waals surface area contributed by atoms with Gasteiger partial charge in [-0.1, -0.05) is 6.07 Å². The average Bonchev–Trinajstić information content (AvgIpc) is 3.03. The number of pyridine rings is 1. The number of nitrogens with one attached hydrogen (secondary N) is 2. The quantitative estimate of drug-likeness (QED) is 0.596. The average molecular weight is 430 g/mol. The number of aromatic nitrogens is 3. The molecule has 3 rings (SSSR count). The van der Waals surface area contributed by atoms with Crippen LogP contribution in [-0.4, -0.2) is 42.9 Å². The summed E-state index contributed by atoms with van der Waals surface area (Å²) >= 11 is 0. The monoisotopic (exact) mass is 429 g/mol. The molecule has 9 nitrogen and oxygen atoms in total. The van der Waals surface area contributed by atoms with E-state index in [4.69, 9.17) is 0 Å². The van der Waals surface area contributed by atoms with E-state index in [9.17, 15) is 13.2 Å². The van der Waals surface area contributed by atoms with E-state index in [1.165, 1.54) is 31.4 Å². The first kappa shape index (κ1) is 21.5. The number of benzene rings is 1. The van der Waals surface area contributed by atoms with Crippen molar-refractivity contribution in [3.63, 3.8) is 0 Å². The fourth-order valence-electron chi connectivity index (χ4n) is 3.02. The van der Waals surface area contributed by atoms with E-state index in [1.54, 1.807) is 10.9 Å². The number of nitrogens with zero attached hydrogens (tertiary/aromatic N) is 3. The van der Waals surface area contributed by atoms with Gasteiger partial charge in [-0.15, -0.1) is 0 Å². The maximum Gasteiger partial charge on any atom is 0.411 e. The molecule has 1 amide bonds. The van der Waals surface area contributed by atoms with Gasteiger partial charge in [0.05, 0.1) is 17.7 Å². The number of methoxy groups -OCH3 is 1. The van der Waals surface area contributed by atoms with Gasteiger partial charge in [0.15, 0.2) is 5.82 Å². The van der Waals surface area contributed by atoms with Gasteiger partial charge in [-0.3, -0.25) is 5.32 Å². The first-order valence-electron chi connectivity index (χ1n) is 9.23. The standard InChI is InChI=1S/C20H23N5O4S/c1-14-18(15(2)25(24-14)19-6-4-5-12-21-19)11-13-22-30(27,28)17-9-7-16(8-10-17)23-20(26)29-3/h4-10,12,22H,11,13H2,1-3H3,(H,23,26). The molecule has 30 heavy (non-hydrogen) atoms. The number of carbonyl (C=O) groups excluding carboxylic acids is 1. The predicted octanol–water partition coefficient (Wildman–Crippen LogP) is 2.58. The SMILES string of the molecule is COC(=O)Nc1ccc(S(=O)(=O)NCCc2c(C)nn(-c3ccccn3)c2C)cc1. The summed E-state index contributed by atoms with van der Waals surface area (Å²) in [5.41, 5.74) is 3.16. The van der Waals surface area contributed by atoms with Gasteiger partial charge in [-0.2, -0.15) is 5.10 Å². The van der Waals surface area contributed by atoms with E-state index in [1.807, 2.05) is 32.0 Å². The van der Waals surface area contributed by atoms with Crippen LogP contribution in [0.4, 0.5) is 10.5 Å². The smallest absolute Gasteiger partial charge is 0.411 e. The highest BCUT2D eigenvalue weighted by Crippen LogP contribution is 2.18. The van der Waals surface area contributed by atoms with Gasteiger partial charge < -0.3 is 4.74 Å². The third kappa shape index (κ3) is 4.84. The molecule has 2 heterocycles. The van der Waals surface area contributed by atoms with Crippen LogP contribution in [0.3, 0.4) is 0 Å². The van der Waals surface area contributed by atoms with Gasteiger partial charge in [0.2, 0.25) is 10.0 Å². The number of aryl methyl sites for hydroxylation is 1. The Labute approximate surface area is 175 Å². The van der Waals surface area contributed by atoms with Crippen molar-refractivity contribution in [2.75, 3.05) is 19.0 Å². The van der Waals surface area contributed by atoms with Gasteiger partial charge in [0, 0.05) is 24.1 Å². The Bertz CT molecular complexity index is 1130. The number of amides is 1. The molecule has 3 aromatic rings. The number of hydrogen-bond acceptors (Lipinski definition) is 6. The molecule has 10 heteroatoms. The minimum absolute atomic E-state index is 0.107. The fraction of sp³-hybridized carbons (Fsp3) is 0.250. The molecule has 0 unspecified atom stereocenters. The summed E-state index contributed by atoms with van der Waals surface area (Å²) < 4.78 is 34.0. The highest BCUT2D eigenvalue weighted by atomic mass is 32.2. The van der Waals surface area contributed by atoms with Crippen LogP contribution in [0.15, 0.2) is 53.6 Å². The van der Waals surface area contributed by atoms with Crippen molar-refractivity contribution in [1.82, 2.24) is 19.5 Å². The zero-order valence-electron chi connectivity index (χ0n) is 16.9. The van der Waals surface area contributed by atoms with E-state index in [0.29, 0.717) is 17.9 Å². The highest BCUT2D eigenvalue weighted by molar-refractivity contribution is 7.89. The zero-order valence-corrected chi connectivity index (χ0v) is 17.7. The Balaban J connectivity index is 1.66. The lowest BCUT2D eigenvalue weighted by atomic mass is 10.1. The molecule has 0 spiro atoms. The van der Waals surface area contributed by atoms with Crippen LogP contribution >= 0.6 is 0 Å². The fourth-order valence-corrected chi connectivity index (χ4v) is 4.05. The zero-order chi connectivity index (χ0) is 21.7. The second-order valence-corrected chi connectivity index (χ2v) is 8.30. The van der Waals surface area contributed by atoms with Crippen LogP contribution < -0.4 is 10.0 Å². The van der Waals surface area contributed by atoms with Crippen molar-refractivity contribution in [3.8, 4) is 5.82 Å². The summed E-state index contributed by atoms with van der Waals surface area (Å²) in [6, 6.07) is 11.4. The lowest BCUT2D eigenvalue weighted by molar-refractivity contribution is 0.187. The Morgan fingerprint density at radius 2 is 1.87 bits per heavy atom. The summed E-state index contributed by atoms with van der Waals surface area (Å²) in [7, 11) is -2.43. The van der Waals surface area contributed by atoms with E-state index < -0.39 is 16.1 Å². The minimum Gasteiger partial charge on any atom is -0.453 e. The van der Waals surface area contributed by atoms with Gasteiger partial charge in [0.25, 0.3) is 0 Å². The predicted molar refractivity (Wildman–Crippen MR) is 112 cm³/mol. The Hall–Kier alpha value is -3.24. The summed E-state index contributed by atoms with van der Waals surface area (Å²) in [5.74, 6) is 0.714. The largest absolute Gasteiger partial charge is 0.453 e. The molecule has 0 fully saturated rings. The number of sulfonamides is 1. The molecule has 158 valence electrons. The molecule has 0 radical (unpaired) electrons. The first-order chi connectivity index (χ1) is 14.3. The summed E-state index contributed by atoms with van der Waals surface area (Å²) in [6.07, 6.45) is 1.57. The molecule has 0 bridgehead atoms. The topological polar surface area (TPSA) is 115 Å². The second kappa shape index (κ2) is 9.06. The van der Waals surface area contributed by atoms with Crippen molar-refractivity contribution in [3.05, 3.63) is 65.6 Å². The number of carbonyl (C=O) groups is 1. The van der Waals surface area contributed by atoms with Crippen LogP contribution in [-0.2, 0) is 21.2 Å². The third-order valence-corrected chi connectivity index (χ3v) is 6.05. The number of rotatable bonds is 7. The Kier molecular flexibility index (Phi) is 6.48. The van der Waals surface area contributed by atoms with E-state index in [0.717, 1.165) is 17.0 Å². The highest BCUT2D eigenvalue weighted by Gasteiger charge is 2.17. The lowest BCUT2D eigenvalue weighted by Gasteiger charge is -2.09. The van der Waals surface area contributed by atoms with Crippen LogP contribution in [0, 0.1) is 13.8 Å². The molecule has 2 N–H and O–H groups in total. The van der Waals surface area contributed by atoms with E-state index >= 15 is 0 Å². The van der Waals surface area contributed by atoms with Crippen molar-refractivity contribution < 1.29 is 17.9 Å². The van der Waals surface area contributed by atoms with Crippen molar-refractivity contribution in [2.24, 2.45) is 0 Å². The molecule has 0 atom stereocenters. The third-order valence-electron chi connectivity index (χ3n) is 4.57. The molecule has 0 saturated heterocycles. The van der Waals surface area contributed by atoms with Crippen molar-refractivity contribution in [1.29, 1.82) is 0 Å². The normalized spacial score (nSPS) is 11.3. The first-order valence-corrected chi connectivity index (χ1v) is 10.7. The van der Waals surface area contributed by atoms with E-state index in [-0.39, 0.29) is 11.4 Å². The number of hydrogen-bond donors (Lipinski definition) is 2. The van der Waals surface area contributed by atoms with Crippen LogP contribution in [0.1, 0.15) is 17.0 Å². The summed E-state index contributed by atoms with van der Waals surface area (Å²) in [4.78, 5) is 15.6. The molecule has 0 aliphatic carbocycles. The molecular weight excluding hydrogens is 406 g/mol. The van der Waals surface area contributed by atoms with Crippen LogP contribution in [0.5, 0.6) is 0 Å². The molecule has 2 aromatic heterocycles. The van der Waals surface area contributed by atoms with Crippen molar-refractivity contribution >= 4 is 21.8 Å². The van der Waals surface area contributed by atoms with E-state index in [2.05, 4.69) is 24.9 Å². The molecule has 0 saturated carbocycles. The summed E-state index contributed by atoms with van der Waals surface area (Å²) in [5, 5.41) is 7.00. The maximum atomic E-state index is 12.6. The Morgan fingerprint density at radius 3 is 2.50 bits per heavy atom.